The molecule has 0 unspecified atom stereocenters. The second-order valence-electron chi connectivity index (χ2n) is 17.9. The summed E-state index contributed by atoms with van der Waals surface area (Å²) in [5, 5.41) is 2.41. The number of hydrogen-bond donors (Lipinski definition) is 0. The number of nitrogens with zero attached hydrogens (tertiary/aromatic N) is 4. The van der Waals surface area contributed by atoms with Gasteiger partial charge in [-0.1, -0.05) is 90.5 Å². The maximum absolute atomic E-state index is 6.94. The zero-order valence-corrected chi connectivity index (χ0v) is 33.8. The van der Waals surface area contributed by atoms with E-state index in [9.17, 15) is 0 Å². The van der Waals surface area contributed by atoms with Crippen LogP contribution in [0.3, 0.4) is 0 Å². The van der Waals surface area contributed by atoms with Gasteiger partial charge in [0.1, 0.15) is 17.3 Å². The Balaban J connectivity index is 0.985. The normalized spacial score (nSPS) is 23.0. The summed E-state index contributed by atoms with van der Waals surface area (Å²) in [6.07, 6.45) is 8.86. The van der Waals surface area contributed by atoms with Crippen molar-refractivity contribution < 1.29 is 4.74 Å². The van der Waals surface area contributed by atoms with E-state index in [0.717, 1.165) is 63.7 Å². The molecule has 0 saturated heterocycles. The quantitative estimate of drug-likeness (QED) is 0.162. The Morgan fingerprint density at radius 2 is 1.29 bits per heavy atom. The van der Waals surface area contributed by atoms with E-state index in [4.69, 9.17) is 9.72 Å². The Kier molecular flexibility index (Phi) is 7.85. The smallest absolute Gasteiger partial charge is 0.137 e. The van der Waals surface area contributed by atoms with Crippen LogP contribution in [0.4, 0.5) is 17.1 Å². The molecule has 59 heavy (non-hydrogen) atoms. The van der Waals surface area contributed by atoms with Crippen LogP contribution in [0.25, 0.3) is 38.8 Å². The number of anilines is 3. The second kappa shape index (κ2) is 13.4. The van der Waals surface area contributed by atoms with Gasteiger partial charge in [-0.25, -0.2) is 4.98 Å². The zero-order chi connectivity index (χ0) is 39.2. The summed E-state index contributed by atoms with van der Waals surface area (Å²) in [7, 11) is 2.15. The Morgan fingerprint density at radius 1 is 0.576 bits per heavy atom. The van der Waals surface area contributed by atoms with Gasteiger partial charge in [-0.3, -0.25) is 4.57 Å². The van der Waals surface area contributed by atoms with Crippen LogP contribution in [0.15, 0.2) is 158 Å². The van der Waals surface area contributed by atoms with Gasteiger partial charge in [0.05, 0.1) is 29.1 Å². The first-order valence-electron chi connectivity index (χ1n) is 21.5. The Bertz CT molecular complexity index is 2870. The highest BCUT2D eigenvalue weighted by Gasteiger charge is 2.58. The van der Waals surface area contributed by atoms with Gasteiger partial charge in [0.15, 0.2) is 0 Å². The SMILES string of the molecule is Cc1ccc(C2(c3ccnc(-n4c5ccccc5c5ccc(Oc6cc(-c7ccccc7)cc(N7CN(C)c8ccccc87)c6)cc54)c3)C3CC4CC(C3)CC2C4)cc1. The Labute approximate surface area is 346 Å². The van der Waals surface area contributed by atoms with E-state index in [1.807, 2.05) is 0 Å². The molecule has 5 aliphatic rings. The van der Waals surface area contributed by atoms with Gasteiger partial charge in [-0.05, 0) is 140 Å². The molecule has 6 aromatic carbocycles. The summed E-state index contributed by atoms with van der Waals surface area (Å²) in [6, 6.07) is 55.6. The van der Waals surface area contributed by atoms with E-state index >= 15 is 0 Å². The number of aromatic nitrogens is 2. The van der Waals surface area contributed by atoms with Crippen molar-refractivity contribution in [2.45, 2.75) is 44.4 Å². The molecule has 0 amide bonds. The Morgan fingerprint density at radius 3 is 2.08 bits per heavy atom. The molecular weight excluding hydrogens is 721 g/mol. The molecule has 1 aliphatic heterocycles. The third-order valence-electron chi connectivity index (χ3n) is 14.5. The molecule has 0 atom stereocenters. The molecule has 3 heterocycles. The highest BCUT2D eigenvalue weighted by Crippen LogP contribution is 2.65. The van der Waals surface area contributed by atoms with E-state index in [1.54, 1.807) is 0 Å². The number of pyridine rings is 1. The van der Waals surface area contributed by atoms with Crippen LogP contribution in [0, 0.1) is 30.6 Å². The molecule has 5 heteroatoms. The molecule has 2 aromatic heterocycles. The molecule has 13 rings (SSSR count). The van der Waals surface area contributed by atoms with Gasteiger partial charge in [-0.15, -0.1) is 0 Å². The van der Waals surface area contributed by atoms with Crippen molar-refractivity contribution in [1.29, 1.82) is 0 Å². The maximum Gasteiger partial charge on any atom is 0.137 e. The van der Waals surface area contributed by atoms with Gasteiger partial charge in [0.25, 0.3) is 0 Å². The number of benzene rings is 6. The first kappa shape index (κ1) is 34.7. The fraction of sp³-hybridized carbons (Fsp3) is 0.241. The minimum atomic E-state index is -0.00200. The Hall–Kier alpha value is -6.33. The van der Waals surface area contributed by atoms with Crippen LogP contribution >= 0.6 is 0 Å². The lowest BCUT2D eigenvalue weighted by Crippen LogP contribution is -2.56. The van der Waals surface area contributed by atoms with Gasteiger partial charge >= 0.3 is 0 Å². The van der Waals surface area contributed by atoms with Crippen LogP contribution in [0.5, 0.6) is 11.5 Å². The van der Waals surface area contributed by atoms with E-state index in [2.05, 4.69) is 186 Å². The van der Waals surface area contributed by atoms with Crippen LogP contribution in [0.2, 0.25) is 0 Å². The lowest BCUT2D eigenvalue weighted by atomic mass is 9.42. The number of ether oxygens (including phenoxy) is 1. The summed E-state index contributed by atoms with van der Waals surface area (Å²) in [5.74, 6) is 5.63. The van der Waals surface area contributed by atoms with Crippen LogP contribution in [-0.4, -0.2) is 23.3 Å². The largest absolute Gasteiger partial charge is 0.457 e. The van der Waals surface area contributed by atoms with Gasteiger partial charge < -0.3 is 14.5 Å². The molecule has 4 aliphatic carbocycles. The highest BCUT2D eigenvalue weighted by molar-refractivity contribution is 6.09. The first-order valence-corrected chi connectivity index (χ1v) is 21.5. The average molecular weight is 769 g/mol. The van der Waals surface area contributed by atoms with Crippen molar-refractivity contribution in [3.63, 3.8) is 0 Å². The number of para-hydroxylation sites is 3. The third-order valence-corrected chi connectivity index (χ3v) is 14.5. The summed E-state index contributed by atoms with van der Waals surface area (Å²) in [5.41, 5.74) is 12.3. The van der Waals surface area contributed by atoms with E-state index in [-0.39, 0.29) is 5.41 Å². The van der Waals surface area contributed by atoms with Gasteiger partial charge in [0, 0.05) is 47.3 Å². The van der Waals surface area contributed by atoms with E-state index < -0.39 is 0 Å². The number of fused-ring (bicyclic) bond motifs is 4. The number of hydrogen-bond acceptors (Lipinski definition) is 4. The van der Waals surface area contributed by atoms with Crippen molar-refractivity contribution >= 4 is 38.9 Å². The van der Waals surface area contributed by atoms with Gasteiger partial charge in [-0.2, -0.15) is 0 Å². The monoisotopic (exact) mass is 768 g/mol. The predicted molar refractivity (Wildman–Crippen MR) is 241 cm³/mol. The minimum Gasteiger partial charge on any atom is -0.457 e. The predicted octanol–water partition coefficient (Wildman–Crippen LogP) is 13.2. The van der Waals surface area contributed by atoms with Crippen molar-refractivity contribution in [2.75, 3.05) is 23.5 Å². The molecule has 0 N–H and O–H groups in total. The molecule has 4 saturated carbocycles. The molecular formula is C54H48N4O. The third kappa shape index (κ3) is 5.47. The maximum atomic E-state index is 6.94. The molecule has 5 nitrogen and oxygen atoms in total. The van der Waals surface area contributed by atoms with Crippen molar-refractivity contribution in [2.24, 2.45) is 23.7 Å². The molecule has 4 fully saturated rings. The first-order chi connectivity index (χ1) is 29.0. The topological polar surface area (TPSA) is 33.5 Å². The van der Waals surface area contributed by atoms with Crippen LogP contribution in [-0.2, 0) is 5.41 Å². The van der Waals surface area contributed by atoms with Crippen molar-refractivity contribution in [3.8, 4) is 28.4 Å². The standard InChI is InChI=1S/C54H48N4O/c1-35-16-18-40(19-17-35)54(42-25-36-24-37(27-42)28-43(54)26-36)41-22-23-55-53(31-41)58-49-13-7-6-12-47(49)48-21-20-45(33-52(48)58)59-46-30-39(38-10-4-3-5-11-38)29-44(32-46)57-34-56(2)50-14-8-9-15-51(50)57/h3-23,29-33,36-37,42-43H,24-28,34H2,1-2H3. The lowest BCUT2D eigenvalue weighted by Gasteiger charge is -2.62. The minimum absolute atomic E-state index is 0.00200. The fourth-order valence-corrected chi connectivity index (χ4v) is 12.3. The van der Waals surface area contributed by atoms with E-state index in [0.29, 0.717) is 11.8 Å². The molecule has 0 radical (unpaired) electrons. The summed E-state index contributed by atoms with van der Waals surface area (Å²) < 4.78 is 9.32. The summed E-state index contributed by atoms with van der Waals surface area (Å²) >= 11 is 0. The molecule has 0 spiro atoms. The summed E-state index contributed by atoms with van der Waals surface area (Å²) in [6.45, 7) is 2.98. The van der Waals surface area contributed by atoms with E-state index in [1.165, 1.54) is 70.9 Å². The fourth-order valence-electron chi connectivity index (χ4n) is 12.3. The molecule has 290 valence electrons. The average Bonchev–Trinajstić information content (AvgIpc) is 3.78. The second-order valence-corrected chi connectivity index (χ2v) is 17.9. The zero-order valence-electron chi connectivity index (χ0n) is 33.8. The molecule has 8 aromatic rings. The summed E-state index contributed by atoms with van der Waals surface area (Å²) in [4.78, 5) is 9.86. The highest BCUT2D eigenvalue weighted by atomic mass is 16.5. The number of aryl methyl sites for hydroxylation is 1. The molecule has 4 bridgehead atoms. The van der Waals surface area contributed by atoms with Gasteiger partial charge in [0.2, 0.25) is 0 Å². The lowest BCUT2D eigenvalue weighted by molar-refractivity contribution is -0.0418. The van der Waals surface area contributed by atoms with Crippen molar-refractivity contribution in [3.05, 3.63) is 175 Å². The van der Waals surface area contributed by atoms with Crippen LogP contribution in [0.1, 0.15) is 48.8 Å². The number of rotatable bonds is 7. The van der Waals surface area contributed by atoms with Crippen LogP contribution < -0.4 is 14.5 Å². The van der Waals surface area contributed by atoms with Crippen molar-refractivity contribution in [1.82, 2.24) is 9.55 Å².